The first-order valence-electron chi connectivity index (χ1n) is 6.71. The van der Waals surface area contributed by atoms with E-state index in [4.69, 9.17) is 4.74 Å². The van der Waals surface area contributed by atoms with Crippen molar-refractivity contribution in [1.29, 1.82) is 0 Å². The fourth-order valence-corrected chi connectivity index (χ4v) is 3.08. The van der Waals surface area contributed by atoms with Crippen LogP contribution in [-0.4, -0.2) is 13.7 Å². The van der Waals surface area contributed by atoms with E-state index in [1.165, 1.54) is 37.7 Å². The molecule has 0 spiro atoms. The average Bonchev–Trinajstić information content (AvgIpc) is 2.40. The van der Waals surface area contributed by atoms with E-state index >= 15 is 0 Å². The minimum Gasteiger partial charge on any atom is -0.496 e. The summed E-state index contributed by atoms with van der Waals surface area (Å²) in [5.74, 6) is 1.02. The third kappa shape index (κ3) is 2.99. The monoisotopic (exact) mass is 269 g/mol. The molecule has 0 saturated heterocycles. The molecule has 2 rings (SSSR count). The van der Waals surface area contributed by atoms with E-state index in [0.717, 1.165) is 12.3 Å². The minimum absolute atomic E-state index is 0. The van der Waals surface area contributed by atoms with Crippen molar-refractivity contribution in [3.8, 4) is 5.75 Å². The molecule has 1 aliphatic carbocycles. The van der Waals surface area contributed by atoms with E-state index in [1.807, 2.05) is 6.07 Å². The van der Waals surface area contributed by atoms with Gasteiger partial charge in [-0.2, -0.15) is 0 Å². The molecule has 1 aliphatic rings. The van der Waals surface area contributed by atoms with E-state index in [2.05, 4.69) is 30.4 Å². The van der Waals surface area contributed by atoms with E-state index in [0.29, 0.717) is 0 Å². The molecule has 1 fully saturated rings. The Morgan fingerprint density at radius 3 is 2.44 bits per heavy atom. The van der Waals surface area contributed by atoms with Crippen molar-refractivity contribution >= 4 is 12.4 Å². The zero-order valence-corrected chi connectivity index (χ0v) is 12.2. The first kappa shape index (κ1) is 15.3. The maximum atomic E-state index is 5.53. The predicted molar refractivity (Wildman–Crippen MR) is 78.7 cm³/mol. The maximum absolute atomic E-state index is 5.53. The highest BCUT2D eigenvalue weighted by atomic mass is 35.5. The largest absolute Gasteiger partial charge is 0.496 e. The molecule has 0 unspecified atom stereocenters. The molecule has 3 heteroatoms. The van der Waals surface area contributed by atoms with Crippen LogP contribution in [0.2, 0.25) is 0 Å². The van der Waals surface area contributed by atoms with E-state index < -0.39 is 0 Å². The van der Waals surface area contributed by atoms with Crippen LogP contribution in [0, 0.1) is 0 Å². The lowest BCUT2D eigenvalue weighted by atomic mass is 9.76. The molecule has 0 amide bonds. The predicted octanol–water partition coefficient (Wildman–Crippen LogP) is 3.89. The summed E-state index contributed by atoms with van der Waals surface area (Å²) in [4.78, 5) is 0. The number of halogens is 1. The molecule has 18 heavy (non-hydrogen) atoms. The van der Waals surface area contributed by atoms with Gasteiger partial charge in [0.2, 0.25) is 0 Å². The van der Waals surface area contributed by atoms with E-state index in [-0.39, 0.29) is 17.9 Å². The highest BCUT2D eigenvalue weighted by Crippen LogP contribution is 2.40. The fraction of sp³-hybridized carbons (Fsp3) is 0.600. The van der Waals surface area contributed by atoms with Crippen LogP contribution in [0.4, 0.5) is 0 Å². The number of ether oxygens (including phenoxy) is 1. The van der Waals surface area contributed by atoms with Crippen molar-refractivity contribution in [2.45, 2.75) is 44.6 Å². The molecule has 1 aromatic carbocycles. The zero-order valence-electron chi connectivity index (χ0n) is 11.4. The third-order valence-electron chi connectivity index (χ3n) is 3.84. The van der Waals surface area contributed by atoms with Crippen LogP contribution in [0.3, 0.4) is 0 Å². The van der Waals surface area contributed by atoms with Gasteiger partial charge in [-0.3, -0.25) is 0 Å². The number of hydrogen-bond acceptors (Lipinski definition) is 2. The molecular formula is C15H24ClNO. The van der Waals surface area contributed by atoms with Crippen molar-refractivity contribution in [1.82, 2.24) is 5.32 Å². The summed E-state index contributed by atoms with van der Waals surface area (Å²) >= 11 is 0. The number of hydrogen-bond donors (Lipinski definition) is 1. The number of nitrogens with one attached hydrogen (secondary N) is 1. The van der Waals surface area contributed by atoms with Crippen LogP contribution < -0.4 is 10.1 Å². The highest BCUT2D eigenvalue weighted by Gasteiger charge is 2.34. The van der Waals surface area contributed by atoms with Crippen molar-refractivity contribution in [2.24, 2.45) is 0 Å². The van der Waals surface area contributed by atoms with Gasteiger partial charge in [0.25, 0.3) is 0 Å². The summed E-state index contributed by atoms with van der Waals surface area (Å²) in [6, 6.07) is 8.45. The molecule has 102 valence electrons. The summed E-state index contributed by atoms with van der Waals surface area (Å²) in [5.41, 5.74) is 1.48. The molecule has 0 radical (unpaired) electrons. The Morgan fingerprint density at radius 2 is 1.83 bits per heavy atom. The van der Waals surface area contributed by atoms with Crippen LogP contribution in [0.15, 0.2) is 24.3 Å². The first-order chi connectivity index (χ1) is 8.32. The third-order valence-corrected chi connectivity index (χ3v) is 3.84. The molecule has 0 aromatic heterocycles. The number of para-hydroxylation sites is 1. The van der Waals surface area contributed by atoms with Gasteiger partial charge >= 0.3 is 0 Å². The molecule has 0 bridgehead atoms. The second-order valence-corrected chi connectivity index (χ2v) is 4.87. The van der Waals surface area contributed by atoms with Crippen LogP contribution in [0.5, 0.6) is 5.75 Å². The Bertz CT molecular complexity index is 356. The van der Waals surface area contributed by atoms with Gasteiger partial charge in [-0.25, -0.2) is 0 Å². The molecule has 1 saturated carbocycles. The number of rotatable bonds is 4. The SMILES string of the molecule is CCNC1(c2ccccc2OC)CCCCC1.Cl. The molecule has 0 heterocycles. The maximum Gasteiger partial charge on any atom is 0.123 e. The summed E-state index contributed by atoms with van der Waals surface area (Å²) in [6.07, 6.45) is 6.43. The molecule has 1 N–H and O–H groups in total. The Balaban J connectivity index is 0.00000162. The lowest BCUT2D eigenvalue weighted by Crippen LogP contribution is -2.44. The second kappa shape index (κ2) is 7.01. The number of methoxy groups -OCH3 is 1. The first-order valence-corrected chi connectivity index (χ1v) is 6.71. The summed E-state index contributed by atoms with van der Waals surface area (Å²) in [5, 5.41) is 3.71. The van der Waals surface area contributed by atoms with Gasteiger partial charge in [-0.15, -0.1) is 12.4 Å². The molecule has 0 atom stereocenters. The Kier molecular flexibility index (Phi) is 5.97. The Hall–Kier alpha value is -0.730. The lowest BCUT2D eigenvalue weighted by molar-refractivity contribution is 0.230. The van der Waals surface area contributed by atoms with Crippen molar-refractivity contribution in [3.63, 3.8) is 0 Å². The Labute approximate surface area is 117 Å². The van der Waals surface area contributed by atoms with Gasteiger partial charge in [0.1, 0.15) is 5.75 Å². The standard InChI is InChI=1S/C15H23NO.ClH/c1-3-16-15(11-7-4-8-12-15)13-9-5-6-10-14(13)17-2;/h5-6,9-10,16H,3-4,7-8,11-12H2,1-2H3;1H. The van der Waals surface area contributed by atoms with Crippen LogP contribution in [0.1, 0.15) is 44.6 Å². The Morgan fingerprint density at radius 1 is 1.17 bits per heavy atom. The van der Waals surface area contributed by atoms with Gasteiger partial charge in [0.05, 0.1) is 7.11 Å². The van der Waals surface area contributed by atoms with Crippen molar-refractivity contribution in [2.75, 3.05) is 13.7 Å². The average molecular weight is 270 g/mol. The fourth-order valence-electron chi connectivity index (χ4n) is 3.08. The summed E-state index contributed by atoms with van der Waals surface area (Å²) in [7, 11) is 1.77. The topological polar surface area (TPSA) is 21.3 Å². The minimum atomic E-state index is 0. The van der Waals surface area contributed by atoms with Crippen molar-refractivity contribution in [3.05, 3.63) is 29.8 Å². The molecular weight excluding hydrogens is 246 g/mol. The van der Waals surface area contributed by atoms with Gasteiger partial charge < -0.3 is 10.1 Å². The van der Waals surface area contributed by atoms with Crippen molar-refractivity contribution < 1.29 is 4.74 Å². The van der Waals surface area contributed by atoms with Gasteiger partial charge in [-0.1, -0.05) is 44.4 Å². The highest BCUT2D eigenvalue weighted by molar-refractivity contribution is 5.85. The quantitative estimate of drug-likeness (QED) is 0.896. The van der Waals surface area contributed by atoms with Gasteiger partial charge in [-0.05, 0) is 25.5 Å². The lowest BCUT2D eigenvalue weighted by Gasteiger charge is -2.39. The molecule has 2 nitrogen and oxygen atoms in total. The summed E-state index contributed by atoms with van der Waals surface area (Å²) < 4.78 is 5.53. The second-order valence-electron chi connectivity index (χ2n) is 4.87. The molecule has 0 aliphatic heterocycles. The van der Waals surface area contributed by atoms with Crippen LogP contribution in [-0.2, 0) is 5.54 Å². The number of benzene rings is 1. The molecule has 1 aromatic rings. The van der Waals surface area contributed by atoms with Gasteiger partial charge in [0.15, 0.2) is 0 Å². The van der Waals surface area contributed by atoms with Crippen LogP contribution >= 0.6 is 12.4 Å². The van der Waals surface area contributed by atoms with Crippen LogP contribution in [0.25, 0.3) is 0 Å². The normalized spacial score (nSPS) is 17.9. The smallest absolute Gasteiger partial charge is 0.123 e. The van der Waals surface area contributed by atoms with E-state index in [1.54, 1.807) is 7.11 Å². The zero-order chi connectivity index (χ0) is 12.1. The van der Waals surface area contributed by atoms with E-state index in [9.17, 15) is 0 Å². The summed E-state index contributed by atoms with van der Waals surface area (Å²) in [6.45, 7) is 3.20. The van der Waals surface area contributed by atoms with Gasteiger partial charge in [0, 0.05) is 11.1 Å².